The lowest BCUT2D eigenvalue weighted by Gasteiger charge is -2.07. The molecule has 0 aromatic heterocycles. The summed E-state index contributed by atoms with van der Waals surface area (Å²) in [6.45, 7) is -0.0830. The van der Waals surface area contributed by atoms with E-state index in [1.165, 1.54) is 0 Å². The molecule has 0 aliphatic carbocycles. The van der Waals surface area contributed by atoms with E-state index in [0.29, 0.717) is 0 Å². The minimum atomic E-state index is -0.0830. The second-order valence-corrected chi connectivity index (χ2v) is 2.04. The predicted octanol–water partition coefficient (Wildman–Crippen LogP) is 1.06. The van der Waals surface area contributed by atoms with E-state index in [4.69, 9.17) is 9.84 Å². The average molecular weight is 153 g/mol. The van der Waals surface area contributed by atoms with E-state index in [-0.39, 0.29) is 6.73 Å². The summed E-state index contributed by atoms with van der Waals surface area (Å²) in [6.07, 6.45) is 0. The molecule has 3 heteroatoms. The van der Waals surface area contributed by atoms with Gasteiger partial charge < -0.3 is 15.2 Å². The van der Waals surface area contributed by atoms with Gasteiger partial charge in [-0.15, -0.1) is 0 Å². The Morgan fingerprint density at radius 3 is 2.82 bits per heavy atom. The molecule has 2 N–H and O–H groups in total. The first-order valence-electron chi connectivity index (χ1n) is 3.36. The van der Waals surface area contributed by atoms with Gasteiger partial charge in [0.1, 0.15) is 12.5 Å². The highest BCUT2D eigenvalue weighted by Crippen LogP contribution is 2.22. The third-order valence-corrected chi connectivity index (χ3v) is 1.38. The lowest BCUT2D eigenvalue weighted by molar-refractivity contribution is 0.324. The van der Waals surface area contributed by atoms with E-state index in [1.807, 2.05) is 24.3 Å². The van der Waals surface area contributed by atoms with Crippen molar-refractivity contribution in [3.8, 4) is 5.75 Å². The van der Waals surface area contributed by atoms with Gasteiger partial charge in [0.15, 0.2) is 0 Å². The monoisotopic (exact) mass is 153 g/mol. The standard InChI is InChI=1S/C8H11NO2/c1-11-8-5-3-2-4-7(8)9-6-10/h2-5,9-10H,6H2,1H3. The number of anilines is 1. The SMILES string of the molecule is COc1ccccc1NCO. The molecule has 60 valence electrons. The molecule has 1 rings (SSSR count). The van der Waals surface area contributed by atoms with Gasteiger partial charge >= 0.3 is 0 Å². The number of hydrogen-bond acceptors (Lipinski definition) is 3. The first-order valence-corrected chi connectivity index (χ1v) is 3.36. The molecule has 3 nitrogen and oxygen atoms in total. The van der Waals surface area contributed by atoms with Crippen LogP contribution in [0.4, 0.5) is 5.69 Å². The Bertz CT molecular complexity index is 225. The highest BCUT2D eigenvalue weighted by molar-refractivity contribution is 5.55. The summed E-state index contributed by atoms with van der Waals surface area (Å²) < 4.78 is 5.02. The maximum absolute atomic E-state index is 8.57. The third kappa shape index (κ3) is 1.85. The van der Waals surface area contributed by atoms with Gasteiger partial charge in [0.25, 0.3) is 0 Å². The van der Waals surface area contributed by atoms with E-state index < -0.39 is 0 Å². The minimum Gasteiger partial charge on any atom is -0.495 e. The molecule has 1 aromatic carbocycles. The minimum absolute atomic E-state index is 0.0830. The van der Waals surface area contributed by atoms with E-state index in [9.17, 15) is 0 Å². The molecule has 0 bridgehead atoms. The van der Waals surface area contributed by atoms with Gasteiger partial charge in [0, 0.05) is 0 Å². The molecule has 0 aliphatic rings. The fourth-order valence-electron chi connectivity index (χ4n) is 0.876. The van der Waals surface area contributed by atoms with E-state index in [1.54, 1.807) is 7.11 Å². The van der Waals surface area contributed by atoms with Crippen molar-refractivity contribution in [2.75, 3.05) is 19.2 Å². The first-order chi connectivity index (χ1) is 5.38. The summed E-state index contributed by atoms with van der Waals surface area (Å²) >= 11 is 0. The lowest BCUT2D eigenvalue weighted by atomic mass is 10.3. The number of ether oxygens (including phenoxy) is 1. The van der Waals surface area contributed by atoms with Gasteiger partial charge in [-0.1, -0.05) is 12.1 Å². The highest BCUT2D eigenvalue weighted by Gasteiger charge is 1.97. The van der Waals surface area contributed by atoms with Crippen LogP contribution in [-0.4, -0.2) is 18.9 Å². The van der Waals surface area contributed by atoms with Crippen LogP contribution in [0.1, 0.15) is 0 Å². The predicted molar refractivity (Wildman–Crippen MR) is 43.7 cm³/mol. The summed E-state index contributed by atoms with van der Waals surface area (Å²) in [6, 6.07) is 7.43. The van der Waals surface area contributed by atoms with Crippen LogP contribution in [-0.2, 0) is 0 Å². The third-order valence-electron chi connectivity index (χ3n) is 1.38. The summed E-state index contributed by atoms with van der Waals surface area (Å²) in [5, 5.41) is 11.3. The van der Waals surface area contributed by atoms with Crippen molar-refractivity contribution in [1.82, 2.24) is 0 Å². The molecule has 0 saturated carbocycles. The van der Waals surface area contributed by atoms with Crippen molar-refractivity contribution in [3.63, 3.8) is 0 Å². The number of benzene rings is 1. The van der Waals surface area contributed by atoms with Crippen molar-refractivity contribution < 1.29 is 9.84 Å². The molecule has 0 atom stereocenters. The summed E-state index contributed by atoms with van der Waals surface area (Å²) in [5.41, 5.74) is 0.803. The topological polar surface area (TPSA) is 41.5 Å². The van der Waals surface area contributed by atoms with Crippen LogP contribution in [0, 0.1) is 0 Å². The Balaban J connectivity index is 2.83. The van der Waals surface area contributed by atoms with Crippen LogP contribution in [0.3, 0.4) is 0 Å². The van der Waals surface area contributed by atoms with E-state index in [2.05, 4.69) is 5.32 Å². The van der Waals surface area contributed by atoms with Gasteiger partial charge in [0.2, 0.25) is 0 Å². The Hall–Kier alpha value is -1.22. The molecular weight excluding hydrogens is 142 g/mol. The van der Waals surface area contributed by atoms with Gasteiger partial charge in [-0.3, -0.25) is 0 Å². The van der Waals surface area contributed by atoms with Gasteiger partial charge in [-0.2, -0.15) is 0 Å². The first kappa shape index (κ1) is 7.88. The number of methoxy groups -OCH3 is 1. The average Bonchev–Trinajstić information content (AvgIpc) is 2.06. The fourth-order valence-corrected chi connectivity index (χ4v) is 0.876. The number of hydrogen-bond donors (Lipinski definition) is 2. The quantitative estimate of drug-likeness (QED) is 0.638. The van der Waals surface area contributed by atoms with Crippen LogP contribution < -0.4 is 10.1 Å². The van der Waals surface area contributed by atoms with Crippen LogP contribution in [0.2, 0.25) is 0 Å². The molecule has 0 spiro atoms. The molecule has 0 aliphatic heterocycles. The Morgan fingerprint density at radius 2 is 2.18 bits per heavy atom. The maximum atomic E-state index is 8.57. The van der Waals surface area contributed by atoms with Crippen molar-refractivity contribution in [3.05, 3.63) is 24.3 Å². The molecule has 1 aromatic rings. The highest BCUT2D eigenvalue weighted by atomic mass is 16.5. The molecule has 0 unspecified atom stereocenters. The normalized spacial score (nSPS) is 9.27. The molecule has 0 radical (unpaired) electrons. The molecule has 0 heterocycles. The maximum Gasteiger partial charge on any atom is 0.142 e. The Kier molecular flexibility index (Phi) is 2.74. The van der Waals surface area contributed by atoms with E-state index in [0.717, 1.165) is 11.4 Å². The lowest BCUT2D eigenvalue weighted by Crippen LogP contribution is -2.00. The van der Waals surface area contributed by atoms with Crippen molar-refractivity contribution >= 4 is 5.69 Å². The summed E-state index contributed by atoms with van der Waals surface area (Å²) in [5.74, 6) is 0.738. The zero-order valence-corrected chi connectivity index (χ0v) is 6.37. The summed E-state index contributed by atoms with van der Waals surface area (Å²) in [4.78, 5) is 0. The van der Waals surface area contributed by atoms with Crippen LogP contribution in [0.15, 0.2) is 24.3 Å². The molecule has 0 amide bonds. The molecule has 0 fully saturated rings. The van der Waals surface area contributed by atoms with Gasteiger partial charge in [-0.05, 0) is 12.1 Å². The Morgan fingerprint density at radius 1 is 1.45 bits per heavy atom. The summed E-state index contributed by atoms with van der Waals surface area (Å²) in [7, 11) is 1.60. The Labute approximate surface area is 65.6 Å². The largest absolute Gasteiger partial charge is 0.495 e. The second-order valence-electron chi connectivity index (χ2n) is 2.04. The van der Waals surface area contributed by atoms with E-state index >= 15 is 0 Å². The van der Waals surface area contributed by atoms with Gasteiger partial charge in [-0.25, -0.2) is 0 Å². The zero-order valence-electron chi connectivity index (χ0n) is 6.37. The number of rotatable bonds is 3. The second kappa shape index (κ2) is 3.83. The molecular formula is C8H11NO2. The molecule has 0 saturated heterocycles. The zero-order chi connectivity index (χ0) is 8.10. The fraction of sp³-hybridized carbons (Fsp3) is 0.250. The number of para-hydroxylation sites is 2. The van der Waals surface area contributed by atoms with Crippen LogP contribution in [0.5, 0.6) is 5.75 Å². The van der Waals surface area contributed by atoms with Crippen molar-refractivity contribution in [2.45, 2.75) is 0 Å². The number of aliphatic hydroxyl groups excluding tert-OH is 1. The van der Waals surface area contributed by atoms with Crippen LogP contribution in [0.25, 0.3) is 0 Å². The molecule has 11 heavy (non-hydrogen) atoms. The van der Waals surface area contributed by atoms with Gasteiger partial charge in [0.05, 0.1) is 12.8 Å². The smallest absolute Gasteiger partial charge is 0.142 e. The number of nitrogens with one attached hydrogen (secondary N) is 1. The number of aliphatic hydroxyl groups is 1. The van der Waals surface area contributed by atoms with Crippen LogP contribution >= 0.6 is 0 Å². The van der Waals surface area contributed by atoms with Crippen molar-refractivity contribution in [1.29, 1.82) is 0 Å². The van der Waals surface area contributed by atoms with Crippen molar-refractivity contribution in [2.24, 2.45) is 0 Å².